The molecule has 1 aromatic carbocycles. The van der Waals surface area contributed by atoms with Gasteiger partial charge in [0.25, 0.3) is 0 Å². The van der Waals surface area contributed by atoms with Crippen LogP contribution in [0.1, 0.15) is 19.4 Å². The second kappa shape index (κ2) is 8.26. The van der Waals surface area contributed by atoms with Gasteiger partial charge in [0.2, 0.25) is 11.8 Å². The molecule has 5 N–H and O–H groups in total. The van der Waals surface area contributed by atoms with Crippen LogP contribution in [-0.2, 0) is 16.1 Å². The third-order valence-corrected chi connectivity index (χ3v) is 2.84. The van der Waals surface area contributed by atoms with Crippen molar-refractivity contribution in [3.63, 3.8) is 0 Å². The van der Waals surface area contributed by atoms with Gasteiger partial charge in [-0.05, 0) is 23.6 Å². The van der Waals surface area contributed by atoms with Crippen LogP contribution >= 0.6 is 0 Å². The summed E-state index contributed by atoms with van der Waals surface area (Å²) in [6.07, 6.45) is 0. The second-order valence-corrected chi connectivity index (χ2v) is 5.55. The second-order valence-electron chi connectivity index (χ2n) is 5.55. The summed E-state index contributed by atoms with van der Waals surface area (Å²) in [5.74, 6) is -0.182. The first-order valence-corrected chi connectivity index (χ1v) is 6.98. The Morgan fingerprint density at radius 2 is 1.81 bits per heavy atom. The van der Waals surface area contributed by atoms with Gasteiger partial charge >= 0.3 is 0 Å². The van der Waals surface area contributed by atoms with Crippen LogP contribution in [0.15, 0.2) is 24.3 Å². The first-order chi connectivity index (χ1) is 9.86. The molecule has 0 unspecified atom stereocenters. The van der Waals surface area contributed by atoms with Crippen LogP contribution in [0.5, 0.6) is 0 Å². The van der Waals surface area contributed by atoms with E-state index in [2.05, 4.69) is 5.32 Å². The first kappa shape index (κ1) is 17.0. The van der Waals surface area contributed by atoms with Crippen molar-refractivity contribution in [3.05, 3.63) is 29.8 Å². The van der Waals surface area contributed by atoms with Crippen LogP contribution in [0, 0.1) is 5.92 Å². The van der Waals surface area contributed by atoms with Gasteiger partial charge in [0.1, 0.15) is 0 Å². The smallest absolute Gasteiger partial charge is 0.234 e. The van der Waals surface area contributed by atoms with E-state index in [4.69, 9.17) is 11.5 Å². The Bertz CT molecular complexity index is 471. The Labute approximate surface area is 125 Å². The number of hydrogen-bond donors (Lipinski definition) is 3. The van der Waals surface area contributed by atoms with Crippen LogP contribution in [0.3, 0.4) is 0 Å². The molecule has 0 fully saturated rings. The van der Waals surface area contributed by atoms with Crippen LogP contribution in [-0.4, -0.2) is 36.3 Å². The number of nitrogens with two attached hydrogens (primary N) is 2. The average Bonchev–Trinajstić information content (AvgIpc) is 2.38. The maximum absolute atomic E-state index is 11.9. The van der Waals surface area contributed by atoms with E-state index < -0.39 is 5.91 Å². The van der Waals surface area contributed by atoms with E-state index in [0.29, 0.717) is 24.7 Å². The highest BCUT2D eigenvalue weighted by atomic mass is 16.2. The van der Waals surface area contributed by atoms with Crippen LogP contribution in [0.25, 0.3) is 0 Å². The summed E-state index contributed by atoms with van der Waals surface area (Å²) in [5, 5.41) is 2.83. The Hall–Kier alpha value is -2.08. The van der Waals surface area contributed by atoms with E-state index >= 15 is 0 Å². The van der Waals surface area contributed by atoms with E-state index in [1.54, 1.807) is 17.0 Å². The Kier molecular flexibility index (Phi) is 6.68. The molecule has 0 saturated heterocycles. The number of nitrogens with one attached hydrogen (secondary N) is 1. The molecule has 0 aliphatic rings. The molecule has 21 heavy (non-hydrogen) atoms. The lowest BCUT2D eigenvalue weighted by Crippen LogP contribution is -2.41. The highest BCUT2D eigenvalue weighted by Crippen LogP contribution is 2.08. The molecule has 6 nitrogen and oxygen atoms in total. The summed E-state index contributed by atoms with van der Waals surface area (Å²) in [6, 6.07) is 7.32. The van der Waals surface area contributed by atoms with E-state index in [1.165, 1.54) is 0 Å². The Balaban J connectivity index is 2.60. The summed E-state index contributed by atoms with van der Waals surface area (Å²) in [7, 11) is 0. The van der Waals surface area contributed by atoms with Crippen molar-refractivity contribution >= 4 is 17.5 Å². The van der Waals surface area contributed by atoms with Gasteiger partial charge < -0.3 is 16.8 Å². The minimum Gasteiger partial charge on any atom is -0.399 e. The summed E-state index contributed by atoms with van der Waals surface area (Å²) in [5.41, 5.74) is 12.5. The van der Waals surface area contributed by atoms with Crippen molar-refractivity contribution < 1.29 is 9.59 Å². The van der Waals surface area contributed by atoms with Gasteiger partial charge in [0.15, 0.2) is 0 Å². The molecule has 0 bridgehead atoms. The van der Waals surface area contributed by atoms with Crippen LogP contribution < -0.4 is 16.8 Å². The third-order valence-electron chi connectivity index (χ3n) is 2.84. The lowest BCUT2D eigenvalue weighted by molar-refractivity contribution is -0.124. The minimum absolute atomic E-state index is 0.0411. The molecular weight excluding hydrogens is 268 g/mol. The molecule has 0 aliphatic carbocycles. The number of benzene rings is 1. The average molecular weight is 292 g/mol. The SMILES string of the molecule is CC(C)CNC(=O)CN(CC(N)=O)Cc1ccc(N)cc1. The number of hydrogen-bond acceptors (Lipinski definition) is 4. The summed E-state index contributed by atoms with van der Waals surface area (Å²) in [4.78, 5) is 24.7. The van der Waals surface area contributed by atoms with Crippen molar-refractivity contribution in [2.75, 3.05) is 25.4 Å². The summed E-state index contributed by atoms with van der Waals surface area (Å²) in [6.45, 7) is 5.31. The summed E-state index contributed by atoms with van der Waals surface area (Å²) >= 11 is 0. The number of anilines is 1. The Morgan fingerprint density at radius 3 is 2.33 bits per heavy atom. The van der Waals surface area contributed by atoms with Gasteiger partial charge in [-0.15, -0.1) is 0 Å². The number of carbonyl (C=O) groups excluding carboxylic acids is 2. The molecule has 2 amide bonds. The van der Waals surface area contributed by atoms with Gasteiger partial charge in [0, 0.05) is 18.8 Å². The lowest BCUT2D eigenvalue weighted by atomic mass is 10.2. The molecule has 0 atom stereocenters. The predicted octanol–water partition coefficient (Wildman–Crippen LogP) is 0.328. The molecule has 0 radical (unpaired) electrons. The van der Waals surface area contributed by atoms with Crippen molar-refractivity contribution in [1.29, 1.82) is 0 Å². The monoisotopic (exact) mass is 292 g/mol. The van der Waals surface area contributed by atoms with Gasteiger partial charge in [0.05, 0.1) is 13.1 Å². The number of carbonyl (C=O) groups is 2. The van der Waals surface area contributed by atoms with Gasteiger partial charge in [-0.2, -0.15) is 0 Å². The molecule has 0 spiro atoms. The number of rotatable bonds is 8. The van der Waals surface area contributed by atoms with E-state index in [-0.39, 0.29) is 19.0 Å². The van der Waals surface area contributed by atoms with Crippen LogP contribution in [0.4, 0.5) is 5.69 Å². The highest BCUT2D eigenvalue weighted by Gasteiger charge is 2.13. The molecule has 0 aromatic heterocycles. The van der Waals surface area contributed by atoms with Crippen molar-refractivity contribution in [3.8, 4) is 0 Å². The molecule has 116 valence electrons. The molecule has 1 rings (SSSR count). The quantitative estimate of drug-likeness (QED) is 0.601. The van der Waals surface area contributed by atoms with Crippen molar-refractivity contribution in [2.45, 2.75) is 20.4 Å². The lowest BCUT2D eigenvalue weighted by Gasteiger charge is -2.20. The van der Waals surface area contributed by atoms with E-state index in [0.717, 1.165) is 5.56 Å². The molecule has 1 aromatic rings. The number of amides is 2. The van der Waals surface area contributed by atoms with Crippen molar-refractivity contribution in [2.24, 2.45) is 11.7 Å². The molecule has 6 heteroatoms. The molecule has 0 saturated carbocycles. The molecule has 0 aliphatic heterocycles. The number of nitrogen functional groups attached to an aromatic ring is 1. The van der Waals surface area contributed by atoms with Crippen LogP contribution in [0.2, 0.25) is 0 Å². The molecule has 0 heterocycles. The van der Waals surface area contributed by atoms with E-state index in [9.17, 15) is 9.59 Å². The maximum atomic E-state index is 11.9. The fourth-order valence-electron chi connectivity index (χ4n) is 1.85. The predicted molar refractivity (Wildman–Crippen MR) is 83.2 cm³/mol. The zero-order valence-corrected chi connectivity index (χ0v) is 12.6. The number of nitrogens with zero attached hydrogens (tertiary/aromatic N) is 1. The normalized spacial score (nSPS) is 10.9. The highest BCUT2D eigenvalue weighted by molar-refractivity contribution is 5.80. The fraction of sp³-hybridized carbons (Fsp3) is 0.467. The maximum Gasteiger partial charge on any atom is 0.234 e. The Morgan fingerprint density at radius 1 is 1.19 bits per heavy atom. The standard InChI is InChI=1S/C15H24N4O2/c1-11(2)7-18-15(21)10-19(9-14(17)20)8-12-3-5-13(16)6-4-12/h3-6,11H,7-10,16H2,1-2H3,(H2,17,20)(H,18,21). The fourth-order valence-corrected chi connectivity index (χ4v) is 1.85. The van der Waals surface area contributed by atoms with Crippen molar-refractivity contribution in [1.82, 2.24) is 10.2 Å². The first-order valence-electron chi connectivity index (χ1n) is 6.98. The molecular formula is C15H24N4O2. The van der Waals surface area contributed by atoms with E-state index in [1.807, 2.05) is 26.0 Å². The summed E-state index contributed by atoms with van der Waals surface area (Å²) < 4.78 is 0. The number of primary amides is 1. The van der Waals surface area contributed by atoms with Gasteiger partial charge in [-0.25, -0.2) is 0 Å². The zero-order chi connectivity index (χ0) is 15.8. The third kappa shape index (κ3) is 7.31. The van der Waals surface area contributed by atoms with Gasteiger partial charge in [-0.3, -0.25) is 14.5 Å². The minimum atomic E-state index is -0.456. The zero-order valence-electron chi connectivity index (χ0n) is 12.6. The van der Waals surface area contributed by atoms with Gasteiger partial charge in [-0.1, -0.05) is 26.0 Å². The largest absolute Gasteiger partial charge is 0.399 e. The topological polar surface area (TPSA) is 101 Å².